The average Bonchev–Trinajstić information content (AvgIpc) is 3.95. The Kier molecular flexibility index (Phi) is 13.6. The lowest BCUT2D eigenvalue weighted by Gasteiger charge is -2.06. The topological polar surface area (TPSA) is 272 Å². The molecule has 66 heavy (non-hydrogen) atoms. The van der Waals surface area contributed by atoms with Gasteiger partial charge >= 0.3 is 0 Å². The number of azo groups is 1. The largest absolute Gasteiger partial charge is 0.294 e. The molecule has 9 rings (SSSR count). The highest BCUT2D eigenvalue weighted by atomic mass is 32.2. The first-order chi connectivity index (χ1) is 31.7. The number of allylic oxidation sites excluding steroid dienone is 1. The van der Waals surface area contributed by atoms with Crippen molar-refractivity contribution in [1.82, 2.24) is 30.0 Å². The Morgan fingerprint density at radius 3 is 1.94 bits per heavy atom. The molecule has 0 aliphatic heterocycles. The van der Waals surface area contributed by atoms with Gasteiger partial charge in [-0.25, -0.2) is 10.5 Å². The van der Waals surface area contributed by atoms with Crippen molar-refractivity contribution in [2.75, 3.05) is 0 Å². The van der Waals surface area contributed by atoms with E-state index in [4.69, 9.17) is 10.5 Å². The third-order valence-corrected chi connectivity index (χ3v) is 12.8. The second-order valence-electron chi connectivity index (χ2n) is 13.9. The van der Waals surface area contributed by atoms with Gasteiger partial charge in [0.15, 0.2) is 0 Å². The molecule has 9 aromatic rings. The highest BCUT2D eigenvalue weighted by molar-refractivity contribution is 7.95. The molecule has 0 unspecified atom stereocenters. The van der Waals surface area contributed by atoms with Gasteiger partial charge in [0, 0.05) is 25.9 Å². The van der Waals surface area contributed by atoms with Crippen LogP contribution in [0.2, 0.25) is 0 Å². The zero-order valence-corrected chi connectivity index (χ0v) is 37.2. The quantitative estimate of drug-likeness (QED) is 0.0275. The van der Waals surface area contributed by atoms with Crippen LogP contribution in [-0.2, 0) is 39.0 Å². The van der Waals surface area contributed by atoms with Crippen molar-refractivity contribution >= 4 is 105 Å². The number of hydrogen-bond acceptors (Lipinski definition) is 18. The first-order valence-electron chi connectivity index (χ1n) is 19.0. The molecule has 0 aliphatic rings. The van der Waals surface area contributed by atoms with Gasteiger partial charge in [-0.3, -0.25) is 9.11 Å². The number of aromatic nitrogens is 6. The van der Waals surface area contributed by atoms with E-state index in [2.05, 4.69) is 49.4 Å². The third-order valence-electron chi connectivity index (χ3n) is 9.69. The van der Waals surface area contributed by atoms with Crippen LogP contribution >= 0.6 is 24.1 Å². The molecular weight excluding hydrogens is 937 g/mol. The van der Waals surface area contributed by atoms with Crippen LogP contribution in [0.1, 0.15) is 18.1 Å². The van der Waals surface area contributed by atoms with E-state index in [9.17, 15) is 25.9 Å². The fourth-order valence-electron chi connectivity index (χ4n) is 6.70. The van der Waals surface area contributed by atoms with Crippen LogP contribution in [0.15, 0.2) is 157 Å². The van der Waals surface area contributed by atoms with Crippen molar-refractivity contribution in [1.29, 1.82) is 0 Å². The molecule has 0 amide bonds. The maximum Gasteiger partial charge on any atom is 0.294 e. The van der Waals surface area contributed by atoms with Crippen LogP contribution in [0.3, 0.4) is 0 Å². The van der Waals surface area contributed by atoms with E-state index < -0.39 is 20.2 Å². The summed E-state index contributed by atoms with van der Waals surface area (Å²) in [7, 11) is -8.68. The van der Waals surface area contributed by atoms with Crippen molar-refractivity contribution in [3.05, 3.63) is 139 Å². The zero-order chi connectivity index (χ0) is 46.6. The van der Waals surface area contributed by atoms with Gasteiger partial charge in [-0.1, -0.05) is 70.8 Å². The molecule has 24 heteroatoms. The minimum absolute atomic E-state index is 0.202. The van der Waals surface area contributed by atoms with E-state index in [0.29, 0.717) is 65.3 Å². The molecule has 0 saturated carbocycles. The predicted octanol–water partition coefficient (Wildman–Crippen LogP) is 10.3. The summed E-state index contributed by atoms with van der Waals surface area (Å²) in [6, 6.07) is 33.9. The van der Waals surface area contributed by atoms with Crippen molar-refractivity contribution in [2.45, 2.75) is 33.4 Å². The lowest BCUT2D eigenvalue weighted by Crippen LogP contribution is -2.00. The molecular formula is C42H32N8O12S4. The van der Waals surface area contributed by atoms with E-state index in [1.54, 1.807) is 61.5 Å². The number of fused-ring (bicyclic) bond motifs is 6. The van der Waals surface area contributed by atoms with Crippen molar-refractivity contribution in [3.8, 4) is 11.4 Å². The lowest BCUT2D eigenvalue weighted by atomic mass is 10.1. The Labute approximate surface area is 382 Å². The zero-order valence-electron chi connectivity index (χ0n) is 34.0. The van der Waals surface area contributed by atoms with Crippen LogP contribution < -0.4 is 0 Å². The Morgan fingerprint density at radius 1 is 0.606 bits per heavy atom. The summed E-state index contributed by atoms with van der Waals surface area (Å²) in [5.41, 5.74) is 5.87. The minimum Gasteiger partial charge on any atom is -0.282 e. The van der Waals surface area contributed by atoms with E-state index in [0.717, 1.165) is 40.4 Å². The molecule has 2 heterocycles. The van der Waals surface area contributed by atoms with Crippen LogP contribution in [0.5, 0.6) is 0 Å². The van der Waals surface area contributed by atoms with Crippen LogP contribution in [0.25, 0.3) is 61.1 Å². The molecule has 336 valence electrons. The van der Waals surface area contributed by atoms with Gasteiger partial charge in [-0.05, 0) is 103 Å². The summed E-state index contributed by atoms with van der Waals surface area (Å²) < 4.78 is 73.6. The van der Waals surface area contributed by atoms with E-state index in [-0.39, 0.29) is 15.5 Å². The van der Waals surface area contributed by atoms with Gasteiger partial charge < -0.3 is 0 Å². The molecule has 20 nitrogen and oxygen atoms in total. The molecule has 2 aromatic heterocycles. The Bertz CT molecular complexity index is 3570. The van der Waals surface area contributed by atoms with Crippen molar-refractivity contribution in [3.63, 3.8) is 0 Å². The highest BCUT2D eigenvalue weighted by Gasteiger charge is 2.17. The average molecular weight is 969 g/mol. The summed E-state index contributed by atoms with van der Waals surface area (Å²) in [5, 5.41) is 53.9. The summed E-state index contributed by atoms with van der Waals surface area (Å²) in [6.07, 6.45) is 3.79. The van der Waals surface area contributed by atoms with Gasteiger partial charge in [0.2, 0.25) is 0 Å². The minimum atomic E-state index is -4.37. The predicted molar refractivity (Wildman–Crippen MR) is 244 cm³/mol. The number of nitrogens with zero attached hydrogens (tertiary/aromatic N) is 8. The molecule has 0 aliphatic carbocycles. The van der Waals surface area contributed by atoms with Crippen LogP contribution in [0, 0.1) is 6.92 Å². The van der Waals surface area contributed by atoms with Crippen LogP contribution in [-0.4, -0.2) is 66.4 Å². The standard InChI is InChI=1S/C23H17N5O6S2.C19H15N3O6S2/c1-14-2-4-17(13-22(14)36(32,33)34)25-24-16-5-7-18(8-6-16)28-26-21-11-3-15-12-19(35(29,30)31)9-10-20(15)23(21)27-28;1-2-5-12-8-9-13(10-17(12)29-27-25-23)22-20-16-11-18(30-28-26-24)14-6-3-4-7-15(14)19(16)21-22/h2-13H,1H3,(H,29,30,31)(H,32,33,34);2-11,23-24H,1H3. The highest BCUT2D eigenvalue weighted by Crippen LogP contribution is 2.35. The SMILES string of the molecule is CC=Cc1ccc(-n2nc3cc(SOOO)c4ccccc4c3n2)cc1SOOO.Cc1ccc(N=Nc2ccc(-n3nc4ccc5cc(S(=O)(=O)O)ccc5c4n3)cc2)cc1S(=O)(=O)O. The maximum absolute atomic E-state index is 11.5. The number of hydrogen-bond donors (Lipinski definition) is 4. The summed E-state index contributed by atoms with van der Waals surface area (Å²) >= 11 is 1.74. The monoisotopic (exact) mass is 968 g/mol. The first kappa shape index (κ1) is 46.0. The first-order valence-corrected chi connectivity index (χ1v) is 23.3. The molecule has 0 spiro atoms. The Morgan fingerprint density at radius 2 is 1.24 bits per heavy atom. The summed E-state index contributed by atoms with van der Waals surface area (Å²) in [4.78, 5) is 3.93. The van der Waals surface area contributed by atoms with Gasteiger partial charge in [0.05, 0.1) is 56.6 Å². The molecule has 0 bridgehead atoms. The fraction of sp³-hybridized carbons (Fsp3) is 0.0476. The number of aryl methyl sites for hydroxylation is 1. The second-order valence-corrected chi connectivity index (χ2v) is 18.2. The van der Waals surface area contributed by atoms with Crippen LogP contribution in [0.4, 0.5) is 11.4 Å². The normalized spacial score (nSPS) is 12.3. The smallest absolute Gasteiger partial charge is 0.282 e. The summed E-state index contributed by atoms with van der Waals surface area (Å²) in [5.74, 6) is 0. The molecule has 0 atom stereocenters. The van der Waals surface area contributed by atoms with Crippen molar-refractivity contribution in [2.24, 2.45) is 10.2 Å². The third kappa shape index (κ3) is 10.1. The molecule has 0 saturated heterocycles. The summed E-state index contributed by atoms with van der Waals surface area (Å²) in [6.45, 7) is 3.47. The number of rotatable bonds is 13. The lowest BCUT2D eigenvalue weighted by molar-refractivity contribution is -0.432. The van der Waals surface area contributed by atoms with E-state index >= 15 is 0 Å². The number of benzene rings is 7. The Hall–Kier alpha value is -6.52. The maximum atomic E-state index is 11.5. The molecule has 7 aromatic carbocycles. The Balaban J connectivity index is 0.000000182. The van der Waals surface area contributed by atoms with Gasteiger partial charge in [0.25, 0.3) is 20.2 Å². The molecule has 0 fully saturated rings. The second kappa shape index (κ2) is 19.5. The molecule has 4 N–H and O–H groups in total. The van der Waals surface area contributed by atoms with Gasteiger partial charge in [-0.15, -0.1) is 29.1 Å². The van der Waals surface area contributed by atoms with Gasteiger partial charge in [-0.2, -0.15) is 36.7 Å². The van der Waals surface area contributed by atoms with E-state index in [1.807, 2.05) is 61.5 Å². The fourth-order valence-corrected chi connectivity index (χ4v) is 8.99. The van der Waals surface area contributed by atoms with Gasteiger partial charge in [0.1, 0.15) is 22.1 Å². The van der Waals surface area contributed by atoms with Crippen molar-refractivity contribution < 1.29 is 55.2 Å². The molecule has 0 radical (unpaired) electrons. The van der Waals surface area contributed by atoms with E-state index in [1.165, 1.54) is 33.9 Å².